The maximum absolute atomic E-state index is 12.2. The van der Waals surface area contributed by atoms with Crippen molar-refractivity contribution >= 4 is 10.2 Å². The van der Waals surface area contributed by atoms with Gasteiger partial charge in [0.1, 0.15) is 0 Å². The highest BCUT2D eigenvalue weighted by Crippen LogP contribution is 2.17. The number of rotatable bonds is 6. The summed E-state index contributed by atoms with van der Waals surface area (Å²) >= 11 is 0. The van der Waals surface area contributed by atoms with Crippen LogP contribution < -0.4 is 4.72 Å². The van der Waals surface area contributed by atoms with Gasteiger partial charge in [0.25, 0.3) is 10.2 Å². The maximum Gasteiger partial charge on any atom is 0.279 e. The summed E-state index contributed by atoms with van der Waals surface area (Å²) in [6, 6.07) is 9.56. The lowest BCUT2D eigenvalue weighted by molar-refractivity contribution is 0.177. The molecule has 2 unspecified atom stereocenters. The zero-order chi connectivity index (χ0) is 15.3. The molecule has 6 heteroatoms. The molecule has 1 aromatic rings. The molecule has 0 saturated carbocycles. The molecule has 0 aromatic heterocycles. The number of hydrogen-bond donors (Lipinski definition) is 2. The first-order chi connectivity index (χ1) is 9.97. The van der Waals surface area contributed by atoms with Crippen LogP contribution in [0.15, 0.2) is 30.3 Å². The van der Waals surface area contributed by atoms with Gasteiger partial charge in [0, 0.05) is 19.6 Å². The lowest BCUT2D eigenvalue weighted by Gasteiger charge is -2.30. The van der Waals surface area contributed by atoms with Crippen molar-refractivity contribution in [2.75, 3.05) is 19.6 Å². The number of nitrogens with zero attached hydrogens (tertiary/aromatic N) is 1. The molecule has 21 heavy (non-hydrogen) atoms. The number of piperidine rings is 1. The molecule has 1 fully saturated rings. The predicted octanol–water partition coefficient (Wildman–Crippen LogP) is 1.16. The van der Waals surface area contributed by atoms with Gasteiger partial charge in [-0.2, -0.15) is 17.4 Å². The Morgan fingerprint density at radius 1 is 1.38 bits per heavy atom. The van der Waals surface area contributed by atoms with Crippen LogP contribution in [0, 0.1) is 5.92 Å². The molecule has 1 heterocycles. The van der Waals surface area contributed by atoms with Crippen LogP contribution in [0.25, 0.3) is 0 Å². The molecule has 0 spiro atoms. The summed E-state index contributed by atoms with van der Waals surface area (Å²) in [5.74, 6) is 0.393. The standard InChI is InChI=1S/C15H24N2O3S/c1-13-6-5-9-17(12-13)21(19,20)16-11-15(18)10-14-7-3-2-4-8-14/h2-4,7-8,13,15-16,18H,5-6,9-12H2,1H3. The number of aliphatic hydroxyl groups is 1. The van der Waals surface area contributed by atoms with Crippen molar-refractivity contribution in [3.63, 3.8) is 0 Å². The molecule has 0 amide bonds. The number of hydrogen-bond acceptors (Lipinski definition) is 3. The van der Waals surface area contributed by atoms with Crippen molar-refractivity contribution in [1.82, 2.24) is 9.03 Å². The molecule has 1 saturated heterocycles. The normalized spacial score (nSPS) is 22.1. The molecule has 1 aliphatic rings. The molecule has 1 aromatic carbocycles. The fourth-order valence-corrected chi connectivity index (χ4v) is 4.02. The van der Waals surface area contributed by atoms with Crippen molar-refractivity contribution < 1.29 is 13.5 Å². The lowest BCUT2D eigenvalue weighted by Crippen LogP contribution is -2.47. The van der Waals surface area contributed by atoms with Crippen LogP contribution in [0.1, 0.15) is 25.3 Å². The van der Waals surface area contributed by atoms with Crippen LogP contribution >= 0.6 is 0 Å². The van der Waals surface area contributed by atoms with E-state index in [1.165, 1.54) is 4.31 Å². The minimum atomic E-state index is -3.48. The van der Waals surface area contributed by atoms with E-state index >= 15 is 0 Å². The van der Waals surface area contributed by atoms with Crippen molar-refractivity contribution in [2.45, 2.75) is 32.3 Å². The van der Waals surface area contributed by atoms with Crippen LogP contribution in [0.3, 0.4) is 0 Å². The van der Waals surface area contributed by atoms with Gasteiger partial charge in [-0.15, -0.1) is 0 Å². The lowest BCUT2D eigenvalue weighted by atomic mass is 10.0. The Bertz CT molecular complexity index is 533. The highest BCUT2D eigenvalue weighted by Gasteiger charge is 2.27. The van der Waals surface area contributed by atoms with Gasteiger partial charge >= 0.3 is 0 Å². The third-order valence-electron chi connectivity index (χ3n) is 3.78. The first-order valence-corrected chi connectivity index (χ1v) is 8.88. The van der Waals surface area contributed by atoms with Gasteiger partial charge in [0.05, 0.1) is 6.10 Å². The average Bonchev–Trinajstić information content (AvgIpc) is 2.46. The molecule has 0 radical (unpaired) electrons. The first-order valence-electron chi connectivity index (χ1n) is 7.44. The zero-order valence-electron chi connectivity index (χ0n) is 12.4. The van der Waals surface area contributed by atoms with Crippen LogP contribution in [0.2, 0.25) is 0 Å². The van der Waals surface area contributed by atoms with E-state index in [1.807, 2.05) is 30.3 Å². The van der Waals surface area contributed by atoms with Crippen LogP contribution in [-0.2, 0) is 16.6 Å². The number of aliphatic hydroxyl groups excluding tert-OH is 1. The topological polar surface area (TPSA) is 69.6 Å². The summed E-state index contributed by atoms with van der Waals surface area (Å²) < 4.78 is 28.4. The van der Waals surface area contributed by atoms with Gasteiger partial charge < -0.3 is 5.11 Å². The second-order valence-electron chi connectivity index (χ2n) is 5.80. The molecule has 2 atom stereocenters. The first kappa shape index (κ1) is 16.4. The van der Waals surface area contributed by atoms with Crippen LogP contribution in [0.5, 0.6) is 0 Å². The van der Waals surface area contributed by atoms with E-state index in [-0.39, 0.29) is 6.54 Å². The van der Waals surface area contributed by atoms with E-state index in [0.717, 1.165) is 18.4 Å². The summed E-state index contributed by atoms with van der Waals surface area (Å²) in [6.45, 7) is 3.23. The Kier molecular flexibility index (Phi) is 5.75. The third-order valence-corrected chi connectivity index (χ3v) is 5.32. The Morgan fingerprint density at radius 2 is 2.10 bits per heavy atom. The summed E-state index contributed by atoms with van der Waals surface area (Å²) in [5, 5.41) is 9.97. The molecule has 1 aliphatic heterocycles. The van der Waals surface area contributed by atoms with Gasteiger partial charge in [0.15, 0.2) is 0 Å². The number of benzene rings is 1. The number of nitrogens with one attached hydrogen (secondary N) is 1. The Balaban J connectivity index is 1.83. The second kappa shape index (κ2) is 7.35. The van der Waals surface area contributed by atoms with Gasteiger partial charge in [-0.25, -0.2) is 0 Å². The smallest absolute Gasteiger partial charge is 0.279 e. The summed E-state index contributed by atoms with van der Waals surface area (Å²) in [6.07, 6.45) is 1.70. The Hall–Kier alpha value is -0.950. The second-order valence-corrected chi connectivity index (χ2v) is 7.56. The van der Waals surface area contributed by atoms with Crippen LogP contribution in [-0.4, -0.2) is 43.6 Å². The van der Waals surface area contributed by atoms with E-state index in [4.69, 9.17) is 0 Å². The molecular weight excluding hydrogens is 288 g/mol. The van der Waals surface area contributed by atoms with E-state index in [2.05, 4.69) is 11.6 Å². The Labute approximate surface area is 127 Å². The van der Waals surface area contributed by atoms with Gasteiger partial charge in [0.2, 0.25) is 0 Å². The molecule has 5 nitrogen and oxygen atoms in total. The monoisotopic (exact) mass is 312 g/mol. The molecule has 0 aliphatic carbocycles. The Morgan fingerprint density at radius 3 is 2.76 bits per heavy atom. The predicted molar refractivity (Wildman–Crippen MR) is 83.0 cm³/mol. The molecule has 2 rings (SSSR count). The highest BCUT2D eigenvalue weighted by molar-refractivity contribution is 7.87. The fourth-order valence-electron chi connectivity index (χ4n) is 2.62. The fraction of sp³-hybridized carbons (Fsp3) is 0.600. The maximum atomic E-state index is 12.2. The van der Waals surface area contributed by atoms with Crippen LogP contribution in [0.4, 0.5) is 0 Å². The average molecular weight is 312 g/mol. The molecular formula is C15H24N2O3S. The molecule has 0 bridgehead atoms. The van der Waals surface area contributed by atoms with Gasteiger partial charge in [-0.05, 0) is 30.7 Å². The third kappa shape index (κ3) is 5.07. The molecule has 2 N–H and O–H groups in total. The summed E-state index contributed by atoms with van der Waals surface area (Å²) in [7, 11) is -3.48. The van der Waals surface area contributed by atoms with Gasteiger partial charge in [-0.1, -0.05) is 37.3 Å². The van der Waals surface area contributed by atoms with E-state index < -0.39 is 16.3 Å². The summed E-state index contributed by atoms with van der Waals surface area (Å²) in [5.41, 5.74) is 0.996. The van der Waals surface area contributed by atoms with Crippen molar-refractivity contribution in [2.24, 2.45) is 5.92 Å². The van der Waals surface area contributed by atoms with Crippen molar-refractivity contribution in [1.29, 1.82) is 0 Å². The summed E-state index contributed by atoms with van der Waals surface area (Å²) in [4.78, 5) is 0. The van der Waals surface area contributed by atoms with E-state index in [9.17, 15) is 13.5 Å². The van der Waals surface area contributed by atoms with Gasteiger partial charge in [-0.3, -0.25) is 0 Å². The quantitative estimate of drug-likeness (QED) is 0.828. The van der Waals surface area contributed by atoms with E-state index in [0.29, 0.717) is 25.4 Å². The highest BCUT2D eigenvalue weighted by atomic mass is 32.2. The minimum absolute atomic E-state index is 0.0438. The molecule has 118 valence electrons. The largest absolute Gasteiger partial charge is 0.391 e. The minimum Gasteiger partial charge on any atom is -0.391 e. The zero-order valence-corrected chi connectivity index (χ0v) is 13.2. The van der Waals surface area contributed by atoms with Crippen molar-refractivity contribution in [3.05, 3.63) is 35.9 Å². The SMILES string of the molecule is CC1CCCN(S(=O)(=O)NCC(O)Cc2ccccc2)C1. The van der Waals surface area contributed by atoms with Crippen molar-refractivity contribution in [3.8, 4) is 0 Å². The van der Waals surface area contributed by atoms with E-state index in [1.54, 1.807) is 0 Å².